The maximum Gasteiger partial charge on any atom is 0.328 e. The molecule has 9 heteroatoms. The molecule has 0 aliphatic rings. The Morgan fingerprint density at radius 3 is 2.78 bits per heavy atom. The number of thioether (sulfide) groups is 1. The van der Waals surface area contributed by atoms with Gasteiger partial charge in [0.25, 0.3) is 0 Å². The van der Waals surface area contributed by atoms with Gasteiger partial charge in [-0.05, 0) is 18.4 Å². The Morgan fingerprint density at radius 2 is 2.04 bits per heavy atom. The highest BCUT2D eigenvalue weighted by molar-refractivity contribution is 7.99. The van der Waals surface area contributed by atoms with Crippen LogP contribution in [0, 0.1) is 5.92 Å². The summed E-state index contributed by atoms with van der Waals surface area (Å²) in [6, 6.07) is 7.10. The lowest BCUT2D eigenvalue weighted by molar-refractivity contribution is -0.145. The molecule has 0 saturated heterocycles. The lowest BCUT2D eigenvalue weighted by Gasteiger charge is -2.18. The van der Waals surface area contributed by atoms with Crippen molar-refractivity contribution in [3.8, 4) is 0 Å². The second-order valence-corrected chi connectivity index (χ2v) is 7.47. The molecule has 1 aromatic carbocycles. The molecular formula is C18H21N5O3S. The van der Waals surface area contributed by atoms with E-state index in [0.29, 0.717) is 22.7 Å². The molecule has 0 unspecified atom stereocenters. The van der Waals surface area contributed by atoms with Gasteiger partial charge >= 0.3 is 5.97 Å². The molecule has 142 valence electrons. The topological polar surface area (TPSA) is 110 Å². The van der Waals surface area contributed by atoms with Gasteiger partial charge in [0.1, 0.15) is 11.6 Å². The molecule has 2 aromatic heterocycles. The zero-order chi connectivity index (χ0) is 19.4. The molecule has 0 fully saturated rings. The maximum atomic E-state index is 12.2. The zero-order valence-corrected chi connectivity index (χ0v) is 16.2. The lowest BCUT2D eigenvalue weighted by atomic mass is 10.0. The molecule has 1 atom stereocenters. The van der Waals surface area contributed by atoms with Crippen LogP contribution in [-0.2, 0) is 14.3 Å². The zero-order valence-electron chi connectivity index (χ0n) is 15.4. The summed E-state index contributed by atoms with van der Waals surface area (Å²) in [5.74, 6) is -0.395. The predicted octanol–water partition coefficient (Wildman–Crippen LogP) is 2.30. The number of aromatic amines is 1. The molecule has 3 aromatic rings. The number of aromatic nitrogens is 4. The van der Waals surface area contributed by atoms with Crippen LogP contribution >= 0.6 is 11.8 Å². The number of esters is 1. The van der Waals surface area contributed by atoms with Crippen LogP contribution < -0.4 is 5.32 Å². The third-order valence-electron chi connectivity index (χ3n) is 3.96. The molecule has 0 aliphatic carbocycles. The highest BCUT2D eigenvalue weighted by Crippen LogP contribution is 2.23. The van der Waals surface area contributed by atoms with E-state index in [1.165, 1.54) is 7.11 Å². The van der Waals surface area contributed by atoms with Gasteiger partial charge in [0.2, 0.25) is 11.1 Å². The largest absolute Gasteiger partial charge is 0.467 e. The molecule has 0 saturated carbocycles. The first-order chi connectivity index (χ1) is 13.0. The number of nitrogens with zero attached hydrogens (tertiary/aromatic N) is 3. The van der Waals surface area contributed by atoms with Crippen LogP contribution in [0.2, 0.25) is 0 Å². The van der Waals surface area contributed by atoms with E-state index >= 15 is 0 Å². The minimum absolute atomic E-state index is 0.0823. The Hall–Kier alpha value is -2.68. The molecule has 27 heavy (non-hydrogen) atoms. The van der Waals surface area contributed by atoms with E-state index in [0.717, 1.165) is 22.7 Å². The summed E-state index contributed by atoms with van der Waals surface area (Å²) in [6.45, 7) is 3.96. The van der Waals surface area contributed by atoms with Crippen LogP contribution in [0.3, 0.4) is 0 Å². The van der Waals surface area contributed by atoms with Crippen LogP contribution in [-0.4, -0.2) is 50.9 Å². The minimum Gasteiger partial charge on any atom is -0.467 e. The number of hydrogen-bond acceptors (Lipinski definition) is 7. The van der Waals surface area contributed by atoms with Crippen molar-refractivity contribution >= 4 is 45.7 Å². The molecule has 3 rings (SSSR count). The monoisotopic (exact) mass is 387 g/mol. The fraction of sp³-hybridized carbons (Fsp3) is 0.389. The number of hydrogen-bond donors (Lipinski definition) is 2. The van der Waals surface area contributed by atoms with Crippen LogP contribution in [0.25, 0.3) is 22.1 Å². The van der Waals surface area contributed by atoms with Crippen LogP contribution in [0.4, 0.5) is 0 Å². The van der Waals surface area contributed by atoms with Gasteiger partial charge in [-0.3, -0.25) is 4.79 Å². The predicted molar refractivity (Wildman–Crippen MR) is 103 cm³/mol. The second kappa shape index (κ2) is 8.34. The Kier molecular flexibility index (Phi) is 5.90. The van der Waals surface area contributed by atoms with Crippen molar-refractivity contribution in [2.75, 3.05) is 12.9 Å². The Balaban J connectivity index is 1.65. The number of para-hydroxylation sites is 1. The quantitative estimate of drug-likeness (QED) is 0.473. The van der Waals surface area contributed by atoms with Crippen molar-refractivity contribution in [2.24, 2.45) is 5.92 Å². The summed E-state index contributed by atoms with van der Waals surface area (Å²) >= 11 is 1.16. The van der Waals surface area contributed by atoms with Crippen molar-refractivity contribution in [1.29, 1.82) is 0 Å². The van der Waals surface area contributed by atoms with E-state index in [1.807, 2.05) is 38.1 Å². The number of nitrogens with one attached hydrogen (secondary N) is 2. The minimum atomic E-state index is -0.654. The van der Waals surface area contributed by atoms with Gasteiger partial charge in [0.15, 0.2) is 5.65 Å². The standard InChI is InChI=1S/C18H21N5O3S/c1-10(2)8-13(17(25)26-3)19-14(24)9-27-18-21-16-15(22-23-18)11-6-4-5-7-12(11)20-16/h4-7,10,13H,8-9H2,1-3H3,(H,19,24)(H,20,21,23)/t13-/m1/s1. The van der Waals surface area contributed by atoms with Gasteiger partial charge in [-0.25, -0.2) is 9.78 Å². The van der Waals surface area contributed by atoms with Gasteiger partial charge in [-0.15, -0.1) is 10.2 Å². The van der Waals surface area contributed by atoms with Crippen LogP contribution in [0.15, 0.2) is 29.4 Å². The third-order valence-corrected chi connectivity index (χ3v) is 4.80. The van der Waals surface area contributed by atoms with Crippen molar-refractivity contribution in [1.82, 2.24) is 25.5 Å². The van der Waals surface area contributed by atoms with E-state index in [9.17, 15) is 9.59 Å². The molecule has 8 nitrogen and oxygen atoms in total. The van der Waals surface area contributed by atoms with Gasteiger partial charge in [-0.2, -0.15) is 0 Å². The summed E-state index contributed by atoms with van der Waals surface area (Å²) in [5, 5.41) is 12.4. The molecule has 0 radical (unpaired) electrons. The summed E-state index contributed by atoms with van der Waals surface area (Å²) in [6.07, 6.45) is 0.516. The molecule has 2 N–H and O–H groups in total. The summed E-state index contributed by atoms with van der Waals surface area (Å²) in [5.41, 5.74) is 2.26. The Labute approximate surface area is 160 Å². The van der Waals surface area contributed by atoms with Crippen molar-refractivity contribution in [3.63, 3.8) is 0 Å². The van der Waals surface area contributed by atoms with Crippen molar-refractivity contribution in [3.05, 3.63) is 24.3 Å². The number of H-pyrrole nitrogens is 1. The van der Waals surface area contributed by atoms with E-state index in [1.54, 1.807) is 0 Å². The third kappa shape index (κ3) is 4.54. The number of benzene rings is 1. The Bertz CT molecular complexity index is 972. The van der Waals surface area contributed by atoms with Crippen molar-refractivity contribution in [2.45, 2.75) is 31.5 Å². The van der Waals surface area contributed by atoms with Crippen LogP contribution in [0.1, 0.15) is 20.3 Å². The van der Waals surface area contributed by atoms with Gasteiger partial charge in [-0.1, -0.05) is 43.8 Å². The number of methoxy groups -OCH3 is 1. The van der Waals surface area contributed by atoms with E-state index in [4.69, 9.17) is 4.74 Å². The first-order valence-electron chi connectivity index (χ1n) is 8.59. The fourth-order valence-electron chi connectivity index (χ4n) is 2.76. The number of carbonyl (C=O) groups is 2. The molecule has 0 aliphatic heterocycles. The van der Waals surface area contributed by atoms with Crippen molar-refractivity contribution < 1.29 is 14.3 Å². The first kappa shape index (κ1) is 19.1. The number of carbonyl (C=O) groups excluding carboxylic acids is 2. The van der Waals surface area contributed by atoms with Gasteiger partial charge < -0.3 is 15.0 Å². The SMILES string of the molecule is COC(=O)[C@@H](CC(C)C)NC(=O)CSc1nnc2c(n1)[nH]c1ccccc12. The number of ether oxygens (including phenoxy) is 1. The normalized spacial score (nSPS) is 12.4. The van der Waals surface area contributed by atoms with E-state index in [2.05, 4.69) is 25.5 Å². The highest BCUT2D eigenvalue weighted by Gasteiger charge is 2.22. The Morgan fingerprint density at radius 1 is 1.26 bits per heavy atom. The molecule has 2 heterocycles. The fourth-order valence-corrected chi connectivity index (χ4v) is 3.36. The van der Waals surface area contributed by atoms with Gasteiger partial charge in [0, 0.05) is 10.9 Å². The summed E-state index contributed by atoms with van der Waals surface area (Å²) < 4.78 is 4.75. The number of fused-ring (bicyclic) bond motifs is 3. The van der Waals surface area contributed by atoms with Crippen LogP contribution in [0.5, 0.6) is 0 Å². The molecule has 0 bridgehead atoms. The number of rotatable bonds is 7. The maximum absolute atomic E-state index is 12.2. The lowest BCUT2D eigenvalue weighted by Crippen LogP contribution is -2.43. The highest BCUT2D eigenvalue weighted by atomic mass is 32.2. The van der Waals surface area contributed by atoms with Gasteiger partial charge in [0.05, 0.1) is 12.9 Å². The first-order valence-corrected chi connectivity index (χ1v) is 9.57. The van der Waals surface area contributed by atoms with E-state index in [-0.39, 0.29) is 17.6 Å². The van der Waals surface area contributed by atoms with E-state index < -0.39 is 12.0 Å². The molecule has 1 amide bonds. The average molecular weight is 387 g/mol. The smallest absolute Gasteiger partial charge is 0.328 e. The number of amides is 1. The summed E-state index contributed by atoms with van der Waals surface area (Å²) in [7, 11) is 1.31. The molecular weight excluding hydrogens is 366 g/mol. The molecule has 0 spiro atoms. The summed E-state index contributed by atoms with van der Waals surface area (Å²) in [4.78, 5) is 31.6. The average Bonchev–Trinajstić information content (AvgIpc) is 3.02. The second-order valence-electron chi connectivity index (χ2n) is 6.52.